The van der Waals surface area contributed by atoms with Gasteiger partial charge in [0.1, 0.15) is 0 Å². The third-order valence-corrected chi connectivity index (χ3v) is 2.13. The van der Waals surface area contributed by atoms with Gasteiger partial charge in [-0.05, 0) is 24.6 Å². The van der Waals surface area contributed by atoms with Crippen LogP contribution in [0, 0.1) is 5.39 Å². The van der Waals surface area contributed by atoms with Crippen molar-refractivity contribution >= 4 is 5.69 Å². The Hall–Kier alpha value is -1.82. The van der Waals surface area contributed by atoms with E-state index < -0.39 is 0 Å². The molecule has 3 heteroatoms. The van der Waals surface area contributed by atoms with Crippen LogP contribution < -0.4 is 5.32 Å². The Bertz CT molecular complexity index is 357. The standard InChI is InChI=1S/C8H9N2.C4H7N/c1-2-7-4-3-5-8(6-7)10-9;1-2-4-5-3-1/h3-6H,2H2,1H3;1,3,5H,2,4H2/q+1;. The number of nitrogens with zero attached hydrogens (tertiary/aromatic N) is 2. The van der Waals surface area contributed by atoms with E-state index in [2.05, 4.69) is 23.3 Å². The summed E-state index contributed by atoms with van der Waals surface area (Å²) in [6, 6.07) is 7.52. The van der Waals surface area contributed by atoms with E-state index >= 15 is 0 Å². The minimum Gasteiger partial charge on any atom is -0.391 e. The van der Waals surface area contributed by atoms with Crippen molar-refractivity contribution in [3.8, 4) is 0 Å². The molecule has 2 rings (SSSR count). The number of rotatable bonds is 1. The fourth-order valence-electron chi connectivity index (χ4n) is 1.26. The number of benzene rings is 1. The molecule has 0 bridgehead atoms. The van der Waals surface area contributed by atoms with E-state index in [9.17, 15) is 0 Å². The number of aryl methyl sites for hydroxylation is 1. The van der Waals surface area contributed by atoms with Crippen molar-refractivity contribution in [2.24, 2.45) is 0 Å². The van der Waals surface area contributed by atoms with Gasteiger partial charge in [-0.3, -0.25) is 0 Å². The monoisotopic (exact) mass is 202 g/mol. The molecular formula is C12H16N3+. The molecule has 0 saturated carbocycles. The second-order valence-corrected chi connectivity index (χ2v) is 3.27. The van der Waals surface area contributed by atoms with Crippen molar-refractivity contribution in [3.63, 3.8) is 0 Å². The third-order valence-electron chi connectivity index (χ3n) is 2.13. The highest BCUT2D eigenvalue weighted by Crippen LogP contribution is 2.13. The van der Waals surface area contributed by atoms with Crippen molar-refractivity contribution in [3.05, 3.63) is 47.1 Å². The first-order valence-corrected chi connectivity index (χ1v) is 5.19. The number of hydrogen-bond donors (Lipinski definition) is 1. The number of nitrogens with one attached hydrogen (secondary N) is 1. The molecule has 1 aromatic rings. The highest BCUT2D eigenvalue weighted by atomic mass is 14.8. The van der Waals surface area contributed by atoms with Crippen LogP contribution in [0.5, 0.6) is 0 Å². The van der Waals surface area contributed by atoms with Gasteiger partial charge in [0.05, 0.1) is 0 Å². The van der Waals surface area contributed by atoms with Crippen molar-refractivity contribution in [1.29, 1.82) is 5.39 Å². The quantitative estimate of drug-likeness (QED) is 0.710. The molecule has 0 amide bonds. The van der Waals surface area contributed by atoms with Crippen LogP contribution in [0.1, 0.15) is 18.9 Å². The fourth-order valence-corrected chi connectivity index (χ4v) is 1.26. The Morgan fingerprint density at radius 3 is 2.80 bits per heavy atom. The van der Waals surface area contributed by atoms with E-state index in [1.54, 1.807) is 6.07 Å². The molecule has 0 spiro atoms. The number of hydrogen-bond acceptors (Lipinski definition) is 2. The van der Waals surface area contributed by atoms with Crippen LogP contribution in [-0.4, -0.2) is 6.54 Å². The van der Waals surface area contributed by atoms with E-state index in [0.29, 0.717) is 5.69 Å². The minimum absolute atomic E-state index is 0.624. The summed E-state index contributed by atoms with van der Waals surface area (Å²) in [5, 5.41) is 11.4. The van der Waals surface area contributed by atoms with Gasteiger partial charge in [-0.25, -0.2) is 0 Å². The first-order valence-electron chi connectivity index (χ1n) is 5.19. The van der Waals surface area contributed by atoms with E-state index in [1.165, 1.54) is 12.0 Å². The SMILES string of the molecule is C1=CNCC1.CCc1cccc([N+]#N)c1. The largest absolute Gasteiger partial charge is 0.391 e. The molecule has 0 radical (unpaired) electrons. The molecule has 1 N–H and O–H groups in total. The van der Waals surface area contributed by atoms with Gasteiger partial charge in [0.2, 0.25) is 5.39 Å². The summed E-state index contributed by atoms with van der Waals surface area (Å²) in [5.41, 5.74) is 1.81. The first-order chi connectivity index (χ1) is 7.36. The molecule has 1 aliphatic rings. The Kier molecular flexibility index (Phi) is 4.96. The van der Waals surface area contributed by atoms with Crippen LogP contribution >= 0.6 is 0 Å². The smallest absolute Gasteiger partial charge is 0.385 e. The van der Waals surface area contributed by atoms with Crippen LogP contribution in [-0.2, 0) is 6.42 Å². The van der Waals surface area contributed by atoms with E-state index in [4.69, 9.17) is 5.39 Å². The average molecular weight is 202 g/mol. The van der Waals surface area contributed by atoms with E-state index in [-0.39, 0.29) is 0 Å². The normalized spacial score (nSPS) is 12.3. The lowest BCUT2D eigenvalue weighted by Crippen LogP contribution is -1.96. The zero-order chi connectivity index (χ0) is 10.9. The lowest BCUT2D eigenvalue weighted by atomic mass is 10.1. The maximum absolute atomic E-state index is 8.38. The zero-order valence-electron chi connectivity index (χ0n) is 8.98. The summed E-state index contributed by atoms with van der Waals surface area (Å²) in [6.45, 7) is 3.20. The molecule has 1 aliphatic heterocycles. The van der Waals surface area contributed by atoms with Gasteiger partial charge in [0, 0.05) is 18.7 Å². The number of diazo groups is 1. The Balaban J connectivity index is 0.000000187. The topological polar surface area (TPSA) is 40.2 Å². The van der Waals surface area contributed by atoms with Crippen molar-refractivity contribution in [1.82, 2.24) is 5.32 Å². The molecule has 0 aromatic heterocycles. The summed E-state index contributed by atoms with van der Waals surface area (Å²) in [6.07, 6.45) is 6.30. The molecule has 78 valence electrons. The molecule has 0 unspecified atom stereocenters. The maximum atomic E-state index is 8.38. The van der Waals surface area contributed by atoms with Gasteiger partial charge in [-0.1, -0.05) is 25.1 Å². The van der Waals surface area contributed by atoms with Crippen LogP contribution in [0.4, 0.5) is 5.69 Å². The van der Waals surface area contributed by atoms with Crippen molar-refractivity contribution < 1.29 is 0 Å². The van der Waals surface area contributed by atoms with Crippen LogP contribution in [0.3, 0.4) is 0 Å². The van der Waals surface area contributed by atoms with Crippen molar-refractivity contribution in [2.75, 3.05) is 6.54 Å². The van der Waals surface area contributed by atoms with Crippen LogP contribution in [0.15, 0.2) is 36.5 Å². The molecule has 0 atom stereocenters. The summed E-state index contributed by atoms with van der Waals surface area (Å²) in [5.74, 6) is 0. The molecule has 15 heavy (non-hydrogen) atoms. The Morgan fingerprint density at radius 1 is 1.47 bits per heavy atom. The van der Waals surface area contributed by atoms with Crippen molar-refractivity contribution in [2.45, 2.75) is 19.8 Å². The zero-order valence-corrected chi connectivity index (χ0v) is 8.98. The average Bonchev–Trinajstić information content (AvgIpc) is 2.88. The molecule has 3 nitrogen and oxygen atoms in total. The first kappa shape index (κ1) is 11.3. The second-order valence-electron chi connectivity index (χ2n) is 3.27. The van der Waals surface area contributed by atoms with Gasteiger partial charge >= 0.3 is 5.69 Å². The molecule has 0 aliphatic carbocycles. The fraction of sp³-hybridized carbons (Fsp3) is 0.333. The summed E-state index contributed by atoms with van der Waals surface area (Å²) >= 11 is 0. The molecule has 1 heterocycles. The second kappa shape index (κ2) is 6.61. The van der Waals surface area contributed by atoms with Gasteiger partial charge in [0.25, 0.3) is 0 Å². The van der Waals surface area contributed by atoms with Gasteiger partial charge in [-0.15, -0.1) is 0 Å². The van der Waals surface area contributed by atoms with E-state index in [1.807, 2.05) is 24.4 Å². The molecule has 0 fully saturated rings. The lowest BCUT2D eigenvalue weighted by molar-refractivity contribution is 0.917. The van der Waals surface area contributed by atoms with Gasteiger partial charge in [-0.2, -0.15) is 0 Å². The third kappa shape index (κ3) is 4.28. The summed E-state index contributed by atoms with van der Waals surface area (Å²) < 4.78 is 0. The molecule has 1 aromatic carbocycles. The summed E-state index contributed by atoms with van der Waals surface area (Å²) in [4.78, 5) is 3.08. The molecular weight excluding hydrogens is 186 g/mol. The Morgan fingerprint density at radius 2 is 2.33 bits per heavy atom. The summed E-state index contributed by atoms with van der Waals surface area (Å²) in [7, 11) is 0. The highest BCUT2D eigenvalue weighted by molar-refractivity contribution is 5.45. The predicted molar refractivity (Wildman–Crippen MR) is 62.3 cm³/mol. The Labute approximate surface area is 90.4 Å². The van der Waals surface area contributed by atoms with E-state index in [0.717, 1.165) is 13.0 Å². The van der Waals surface area contributed by atoms with Crippen LogP contribution in [0.2, 0.25) is 0 Å². The highest BCUT2D eigenvalue weighted by Gasteiger charge is 2.01. The molecule has 0 saturated heterocycles. The van der Waals surface area contributed by atoms with Crippen LogP contribution in [0.25, 0.3) is 4.98 Å². The minimum atomic E-state index is 0.624. The predicted octanol–water partition coefficient (Wildman–Crippen LogP) is 3.23. The van der Waals surface area contributed by atoms with Gasteiger partial charge in [0.15, 0.2) is 4.98 Å². The maximum Gasteiger partial charge on any atom is 0.385 e. The lowest BCUT2D eigenvalue weighted by Gasteiger charge is -1.88. The van der Waals surface area contributed by atoms with Gasteiger partial charge < -0.3 is 5.32 Å².